The molecule has 0 unspecified atom stereocenters. The lowest BCUT2D eigenvalue weighted by Crippen LogP contribution is -2.36. The Morgan fingerprint density at radius 3 is 2.64 bits per heavy atom. The van der Waals surface area contributed by atoms with E-state index in [2.05, 4.69) is 27.2 Å². The van der Waals surface area contributed by atoms with E-state index in [1.807, 2.05) is 20.8 Å². The smallest absolute Gasteiger partial charge is 0.365 e. The van der Waals surface area contributed by atoms with Crippen LogP contribution in [-0.4, -0.2) is 50.9 Å². The Kier molecular flexibility index (Phi) is 11.7. The number of allylic oxidation sites excluding steroid dienone is 1. The summed E-state index contributed by atoms with van der Waals surface area (Å²) in [7, 11) is 0. The predicted molar refractivity (Wildman–Crippen MR) is 141 cm³/mol. The van der Waals surface area contributed by atoms with Crippen LogP contribution in [0, 0.1) is 5.82 Å². The van der Waals surface area contributed by atoms with Gasteiger partial charge in [0.2, 0.25) is 5.91 Å². The molecule has 0 spiro atoms. The molecule has 0 saturated carbocycles. The molecular formula is C25H33FN6O3S. The number of likely N-dealkylation sites (N-methyl/N-ethyl adjacent to an activating group) is 1. The number of anilines is 1. The zero-order valence-electron chi connectivity index (χ0n) is 21.1. The monoisotopic (exact) mass is 516 g/mol. The summed E-state index contributed by atoms with van der Waals surface area (Å²) in [5.74, 6) is -0.323. The van der Waals surface area contributed by atoms with Crippen molar-refractivity contribution in [1.29, 1.82) is 0 Å². The number of hydrogen-bond donors (Lipinski definition) is 2. The third-order valence-corrected chi connectivity index (χ3v) is 5.67. The van der Waals surface area contributed by atoms with Crippen LogP contribution in [0.5, 0.6) is 0 Å². The minimum atomic E-state index is -0.556. The Bertz CT molecular complexity index is 1180. The number of benzene rings is 1. The summed E-state index contributed by atoms with van der Waals surface area (Å²) >= 11 is 1.27. The first-order valence-electron chi connectivity index (χ1n) is 11.7. The Balaban J connectivity index is 0.00000222. The largest absolute Gasteiger partial charge is 0.381 e. The Hall–Kier alpha value is -3.60. The number of amides is 1. The summed E-state index contributed by atoms with van der Waals surface area (Å²) in [6, 6.07) is 6.21. The highest BCUT2D eigenvalue weighted by molar-refractivity contribution is 7.99. The summed E-state index contributed by atoms with van der Waals surface area (Å²) in [6.07, 6.45) is 4.78. The van der Waals surface area contributed by atoms with Crippen LogP contribution in [0.1, 0.15) is 27.7 Å². The fraction of sp³-hybridized carbons (Fsp3) is 0.360. The Labute approximate surface area is 214 Å². The van der Waals surface area contributed by atoms with Gasteiger partial charge < -0.3 is 20.1 Å². The van der Waals surface area contributed by atoms with Crippen molar-refractivity contribution < 1.29 is 13.7 Å². The summed E-state index contributed by atoms with van der Waals surface area (Å²) in [6.45, 7) is 13.0. The van der Waals surface area contributed by atoms with Gasteiger partial charge in [0, 0.05) is 37.7 Å². The van der Waals surface area contributed by atoms with Gasteiger partial charge in [-0.1, -0.05) is 38.3 Å². The van der Waals surface area contributed by atoms with Gasteiger partial charge in [-0.2, -0.15) is 4.74 Å². The second-order valence-electron chi connectivity index (χ2n) is 7.37. The van der Waals surface area contributed by atoms with Gasteiger partial charge in [-0.25, -0.2) is 19.2 Å². The van der Waals surface area contributed by atoms with Crippen molar-refractivity contribution >= 4 is 23.4 Å². The second kappa shape index (κ2) is 14.7. The van der Waals surface area contributed by atoms with Crippen LogP contribution in [0.4, 0.5) is 10.1 Å². The van der Waals surface area contributed by atoms with Gasteiger partial charge >= 0.3 is 5.63 Å². The number of halogens is 1. The summed E-state index contributed by atoms with van der Waals surface area (Å²) < 4.78 is 21.1. The number of nitrogens with zero attached hydrogens (tertiary/aromatic N) is 4. The van der Waals surface area contributed by atoms with Crippen LogP contribution < -0.4 is 16.3 Å². The number of carbonyl (C=O) groups is 1. The highest BCUT2D eigenvalue weighted by Gasteiger charge is 2.14. The fourth-order valence-electron chi connectivity index (χ4n) is 3.05. The molecule has 2 N–H and O–H groups in total. The van der Waals surface area contributed by atoms with Crippen molar-refractivity contribution in [2.45, 2.75) is 39.5 Å². The van der Waals surface area contributed by atoms with Crippen molar-refractivity contribution in [3.63, 3.8) is 0 Å². The molecule has 0 fully saturated rings. The molecule has 0 aliphatic carbocycles. The number of hydrogen-bond acceptors (Lipinski definition) is 8. The maximum Gasteiger partial charge on any atom is 0.365 e. The van der Waals surface area contributed by atoms with E-state index in [1.54, 1.807) is 42.4 Å². The van der Waals surface area contributed by atoms with E-state index in [0.29, 0.717) is 30.4 Å². The van der Waals surface area contributed by atoms with Crippen LogP contribution in [0.15, 0.2) is 69.6 Å². The molecule has 0 bridgehead atoms. The Morgan fingerprint density at radius 2 is 2.00 bits per heavy atom. The third kappa shape index (κ3) is 8.56. The SMILES string of the molecule is C=C(C)NCn1cc(-c2ccc(NCCN(CC)C(=O)CSc3ncccn3)c(F)c2)c(=O)o1.CC. The van der Waals surface area contributed by atoms with E-state index < -0.39 is 11.4 Å². The molecule has 3 aromatic rings. The molecule has 2 aromatic heterocycles. The summed E-state index contributed by atoms with van der Waals surface area (Å²) in [5.41, 5.74) is 1.13. The maximum atomic E-state index is 14.7. The summed E-state index contributed by atoms with van der Waals surface area (Å²) in [5, 5.41) is 6.51. The number of carbonyl (C=O) groups excluding carboxylic acids is 1. The van der Waals surface area contributed by atoms with Gasteiger partial charge in [-0.3, -0.25) is 4.79 Å². The number of aromatic nitrogens is 3. The first kappa shape index (κ1) is 28.6. The molecule has 3 rings (SSSR count). The fourth-order valence-corrected chi connectivity index (χ4v) is 3.76. The average Bonchev–Trinajstić information content (AvgIpc) is 3.27. The van der Waals surface area contributed by atoms with E-state index in [4.69, 9.17) is 4.52 Å². The van der Waals surface area contributed by atoms with Crippen LogP contribution in [0.3, 0.4) is 0 Å². The second-order valence-corrected chi connectivity index (χ2v) is 8.31. The molecule has 1 amide bonds. The number of rotatable bonds is 12. The molecule has 0 atom stereocenters. The zero-order valence-corrected chi connectivity index (χ0v) is 21.9. The van der Waals surface area contributed by atoms with Crippen molar-refractivity contribution in [2.24, 2.45) is 0 Å². The lowest BCUT2D eigenvalue weighted by atomic mass is 10.1. The number of nitrogens with one attached hydrogen (secondary N) is 2. The first-order chi connectivity index (χ1) is 17.4. The van der Waals surface area contributed by atoms with Gasteiger partial charge in [-0.15, -0.1) is 0 Å². The highest BCUT2D eigenvalue weighted by Crippen LogP contribution is 2.22. The lowest BCUT2D eigenvalue weighted by Gasteiger charge is -2.21. The molecule has 1 aromatic carbocycles. The van der Waals surface area contributed by atoms with Gasteiger partial charge in [0.05, 0.1) is 23.2 Å². The summed E-state index contributed by atoms with van der Waals surface area (Å²) in [4.78, 5) is 34.5. The average molecular weight is 517 g/mol. The zero-order chi connectivity index (χ0) is 26.5. The van der Waals surface area contributed by atoms with E-state index >= 15 is 0 Å². The quantitative estimate of drug-likeness (QED) is 0.273. The van der Waals surface area contributed by atoms with Crippen molar-refractivity contribution in [1.82, 2.24) is 24.9 Å². The highest BCUT2D eigenvalue weighted by atomic mass is 32.2. The molecule has 0 aliphatic heterocycles. The maximum absolute atomic E-state index is 14.7. The number of thioether (sulfide) groups is 1. The van der Waals surface area contributed by atoms with E-state index in [0.717, 1.165) is 5.70 Å². The van der Waals surface area contributed by atoms with Crippen LogP contribution >= 0.6 is 11.8 Å². The molecule has 36 heavy (non-hydrogen) atoms. The molecule has 11 heteroatoms. The first-order valence-corrected chi connectivity index (χ1v) is 12.7. The van der Waals surface area contributed by atoms with Gasteiger partial charge in [0.1, 0.15) is 12.5 Å². The molecule has 2 heterocycles. The van der Waals surface area contributed by atoms with Gasteiger partial charge in [0.15, 0.2) is 5.16 Å². The normalized spacial score (nSPS) is 10.2. The molecule has 0 saturated heterocycles. The molecule has 194 valence electrons. The van der Waals surface area contributed by atoms with Crippen LogP contribution in [-0.2, 0) is 11.5 Å². The molecule has 9 nitrogen and oxygen atoms in total. The topological polar surface area (TPSA) is 105 Å². The molecular weight excluding hydrogens is 483 g/mol. The van der Waals surface area contributed by atoms with E-state index in [9.17, 15) is 14.0 Å². The van der Waals surface area contributed by atoms with E-state index in [-0.39, 0.29) is 29.6 Å². The van der Waals surface area contributed by atoms with Crippen molar-refractivity contribution in [3.8, 4) is 11.1 Å². The third-order valence-electron chi connectivity index (χ3n) is 4.81. The van der Waals surface area contributed by atoms with Gasteiger partial charge in [0.25, 0.3) is 0 Å². The standard InChI is InChI=1S/C23H27FN6O3S.C2H6/c1-4-29(21(31)14-34-23-26-8-5-9-27-23)11-10-25-20-7-6-17(12-19(20)24)18-13-30(33-22(18)32)15-28-16(2)3;1-2/h5-9,12-13,25,28H,2,4,10-11,14-15H2,1,3H3;1-2H3. The Morgan fingerprint density at radius 1 is 1.28 bits per heavy atom. The van der Waals surface area contributed by atoms with E-state index in [1.165, 1.54) is 28.8 Å². The molecule has 0 aliphatic rings. The van der Waals surface area contributed by atoms with Crippen molar-refractivity contribution in [2.75, 3.05) is 30.7 Å². The molecule has 0 radical (unpaired) electrons. The minimum absolute atomic E-state index is 0.0463. The van der Waals surface area contributed by atoms with Crippen molar-refractivity contribution in [3.05, 3.63) is 71.4 Å². The van der Waals surface area contributed by atoms with Gasteiger partial charge in [-0.05, 0) is 37.6 Å². The lowest BCUT2D eigenvalue weighted by molar-refractivity contribution is -0.128. The minimum Gasteiger partial charge on any atom is -0.381 e. The predicted octanol–water partition coefficient (Wildman–Crippen LogP) is 4.20. The van der Waals surface area contributed by atoms with Crippen LogP contribution in [0.2, 0.25) is 0 Å². The van der Waals surface area contributed by atoms with Crippen LogP contribution in [0.25, 0.3) is 11.1 Å².